The molecular formula is C29H36FN3O2S. The molecule has 0 radical (unpaired) electrons. The quantitative estimate of drug-likeness (QED) is 0.366. The van der Waals surface area contributed by atoms with Gasteiger partial charge >= 0.3 is 6.09 Å². The van der Waals surface area contributed by atoms with Crippen LogP contribution in [0.15, 0.2) is 60.8 Å². The molecule has 1 fully saturated rings. The summed E-state index contributed by atoms with van der Waals surface area (Å²) in [6.45, 7) is 12.3. The zero-order valence-corrected chi connectivity index (χ0v) is 22.6. The molecule has 2 aromatic heterocycles. The predicted octanol–water partition coefficient (Wildman–Crippen LogP) is 6.72. The molecule has 1 N–H and O–H groups in total. The highest BCUT2D eigenvalue weighted by Crippen LogP contribution is 2.48. The Morgan fingerprint density at radius 2 is 1.89 bits per heavy atom. The molecule has 1 aromatic carbocycles. The molecule has 5 nitrogen and oxygen atoms in total. The maximum atomic E-state index is 13.7. The zero-order chi connectivity index (χ0) is 26.0. The van der Waals surface area contributed by atoms with E-state index >= 15 is 0 Å². The summed E-state index contributed by atoms with van der Waals surface area (Å²) in [5.41, 5.74) is 1.14. The highest BCUT2D eigenvalue weighted by atomic mass is 32.1. The Labute approximate surface area is 217 Å². The fourth-order valence-corrected chi connectivity index (χ4v) is 5.97. The van der Waals surface area contributed by atoms with Gasteiger partial charge in [-0.25, -0.2) is 4.79 Å². The monoisotopic (exact) mass is 509 g/mol. The summed E-state index contributed by atoms with van der Waals surface area (Å²) in [5, 5.41) is 3.01. The maximum absolute atomic E-state index is 13.7. The van der Waals surface area contributed by atoms with Crippen molar-refractivity contribution in [2.24, 2.45) is 5.41 Å². The van der Waals surface area contributed by atoms with Gasteiger partial charge in [-0.05, 0) is 96.3 Å². The van der Waals surface area contributed by atoms with Gasteiger partial charge in [0.25, 0.3) is 0 Å². The highest BCUT2D eigenvalue weighted by Gasteiger charge is 2.52. The van der Waals surface area contributed by atoms with Gasteiger partial charge in [0.15, 0.2) is 5.13 Å². The second-order valence-electron chi connectivity index (χ2n) is 10.9. The SMILES string of the molecule is Cc1ccc(C(C)(C)N2CC[C@@](CCc3ccc(F)s3)(C(C)(C)NC(=O)Oc3ccccc3)C2)cn1. The number of hydrogen-bond acceptors (Lipinski definition) is 5. The van der Waals surface area contributed by atoms with Gasteiger partial charge in [-0.1, -0.05) is 24.3 Å². The first-order valence-electron chi connectivity index (χ1n) is 12.5. The number of aromatic nitrogens is 1. The lowest BCUT2D eigenvalue weighted by Gasteiger charge is -2.46. The lowest BCUT2D eigenvalue weighted by atomic mass is 9.67. The van der Waals surface area contributed by atoms with Crippen LogP contribution in [0.5, 0.6) is 5.75 Å². The highest BCUT2D eigenvalue weighted by molar-refractivity contribution is 7.10. The molecule has 1 atom stereocenters. The molecule has 4 rings (SSSR count). The van der Waals surface area contributed by atoms with Crippen molar-refractivity contribution >= 4 is 17.4 Å². The molecule has 1 amide bonds. The third kappa shape index (κ3) is 5.62. The topological polar surface area (TPSA) is 54.5 Å². The Kier molecular flexibility index (Phi) is 7.53. The van der Waals surface area contributed by atoms with Gasteiger partial charge in [0, 0.05) is 39.8 Å². The molecule has 0 bridgehead atoms. The number of nitrogens with one attached hydrogen (secondary N) is 1. The van der Waals surface area contributed by atoms with Crippen LogP contribution in [0.2, 0.25) is 0 Å². The van der Waals surface area contributed by atoms with Crippen molar-refractivity contribution in [1.82, 2.24) is 15.2 Å². The largest absolute Gasteiger partial charge is 0.413 e. The predicted molar refractivity (Wildman–Crippen MR) is 143 cm³/mol. The van der Waals surface area contributed by atoms with Crippen LogP contribution in [0.3, 0.4) is 0 Å². The third-order valence-electron chi connectivity index (χ3n) is 7.94. The molecule has 0 saturated carbocycles. The number of pyridine rings is 1. The van der Waals surface area contributed by atoms with Crippen LogP contribution in [-0.2, 0) is 12.0 Å². The van der Waals surface area contributed by atoms with E-state index in [1.807, 2.05) is 37.4 Å². The number of hydrogen-bond donors (Lipinski definition) is 1. The lowest BCUT2D eigenvalue weighted by Crippen LogP contribution is -2.58. The summed E-state index contributed by atoms with van der Waals surface area (Å²) in [5.74, 6) is 0.509. The molecule has 3 aromatic rings. The Morgan fingerprint density at radius 1 is 1.14 bits per heavy atom. The van der Waals surface area contributed by atoms with Gasteiger partial charge in [0.05, 0.1) is 0 Å². The first-order valence-corrected chi connectivity index (χ1v) is 13.3. The normalized spacial score (nSPS) is 18.8. The molecule has 192 valence electrons. The van der Waals surface area contributed by atoms with Crippen molar-refractivity contribution in [2.75, 3.05) is 13.1 Å². The molecule has 36 heavy (non-hydrogen) atoms. The summed E-state index contributed by atoms with van der Waals surface area (Å²) >= 11 is 1.20. The molecule has 1 aliphatic heterocycles. The second-order valence-corrected chi connectivity index (χ2v) is 12.0. The van der Waals surface area contributed by atoms with E-state index in [1.165, 1.54) is 23.0 Å². The minimum absolute atomic E-state index is 0.163. The minimum Gasteiger partial charge on any atom is -0.410 e. The van der Waals surface area contributed by atoms with E-state index in [1.54, 1.807) is 12.1 Å². The first kappa shape index (κ1) is 26.3. The summed E-state index contributed by atoms with van der Waals surface area (Å²) in [6, 6.07) is 16.7. The summed E-state index contributed by atoms with van der Waals surface area (Å²) in [4.78, 5) is 21.0. The number of carbonyl (C=O) groups is 1. The number of thiophene rings is 1. The molecule has 0 spiro atoms. The van der Waals surface area contributed by atoms with Crippen molar-refractivity contribution in [1.29, 1.82) is 0 Å². The average Bonchev–Trinajstić information content (AvgIpc) is 3.46. The number of likely N-dealkylation sites (tertiary alicyclic amines) is 1. The summed E-state index contributed by atoms with van der Waals surface area (Å²) in [6.07, 6.45) is 3.98. The number of amides is 1. The number of halogens is 1. The van der Waals surface area contributed by atoms with Crippen LogP contribution in [0, 0.1) is 17.5 Å². The van der Waals surface area contributed by atoms with Crippen LogP contribution in [0.4, 0.5) is 9.18 Å². The molecule has 7 heteroatoms. The van der Waals surface area contributed by atoms with Crippen molar-refractivity contribution in [3.8, 4) is 5.75 Å². The van der Waals surface area contributed by atoms with E-state index < -0.39 is 11.6 Å². The summed E-state index contributed by atoms with van der Waals surface area (Å²) in [7, 11) is 0. The van der Waals surface area contributed by atoms with Crippen LogP contribution in [0.25, 0.3) is 0 Å². The van der Waals surface area contributed by atoms with Gasteiger partial charge in [-0.2, -0.15) is 4.39 Å². The first-order chi connectivity index (χ1) is 17.0. The number of benzene rings is 1. The van der Waals surface area contributed by atoms with Crippen molar-refractivity contribution in [3.63, 3.8) is 0 Å². The van der Waals surface area contributed by atoms with Gasteiger partial charge in [-0.15, -0.1) is 11.3 Å². The smallest absolute Gasteiger partial charge is 0.410 e. The number of aryl methyl sites for hydroxylation is 2. The standard InChI is InChI=1S/C29H36FN3O2S/c1-21-11-12-22(19-31-21)27(2,3)33-18-17-29(20-33,16-15-24-13-14-25(30)36-24)28(4,5)32-26(34)35-23-9-7-6-8-10-23/h6-14,19H,15-18,20H2,1-5H3,(H,32,34)/t29-/m1/s1. The van der Waals surface area contributed by atoms with Crippen LogP contribution < -0.4 is 10.1 Å². The Balaban J connectivity index is 1.57. The van der Waals surface area contributed by atoms with Crippen molar-refractivity contribution in [2.45, 2.75) is 65.0 Å². The van der Waals surface area contributed by atoms with E-state index in [0.717, 1.165) is 42.9 Å². The maximum Gasteiger partial charge on any atom is 0.413 e. The van der Waals surface area contributed by atoms with E-state index in [-0.39, 0.29) is 16.1 Å². The van der Waals surface area contributed by atoms with Crippen molar-refractivity contribution < 1.29 is 13.9 Å². The molecule has 1 saturated heterocycles. The third-order valence-corrected chi connectivity index (χ3v) is 8.87. The number of para-hydroxylation sites is 1. The Bertz CT molecular complexity index is 1180. The van der Waals surface area contributed by atoms with Gasteiger partial charge in [0.2, 0.25) is 0 Å². The Hall–Kier alpha value is -2.77. The van der Waals surface area contributed by atoms with E-state index in [9.17, 15) is 9.18 Å². The van der Waals surface area contributed by atoms with E-state index in [2.05, 4.69) is 55.0 Å². The fraction of sp³-hybridized carbons (Fsp3) is 0.448. The van der Waals surface area contributed by atoms with Crippen LogP contribution >= 0.6 is 11.3 Å². The fourth-order valence-electron chi connectivity index (χ4n) is 5.25. The number of nitrogens with zero attached hydrogens (tertiary/aromatic N) is 2. The number of ether oxygens (including phenoxy) is 1. The van der Waals surface area contributed by atoms with E-state index in [4.69, 9.17) is 4.74 Å². The van der Waals surface area contributed by atoms with Gasteiger partial charge < -0.3 is 10.1 Å². The lowest BCUT2D eigenvalue weighted by molar-refractivity contribution is 0.0732. The number of rotatable bonds is 8. The number of carbonyl (C=O) groups excluding carboxylic acids is 1. The molecule has 0 unspecified atom stereocenters. The van der Waals surface area contributed by atoms with Gasteiger partial charge in [0.1, 0.15) is 5.75 Å². The minimum atomic E-state index is -0.564. The second kappa shape index (κ2) is 10.3. The van der Waals surface area contributed by atoms with Gasteiger partial charge in [-0.3, -0.25) is 9.88 Å². The van der Waals surface area contributed by atoms with Crippen LogP contribution in [0.1, 0.15) is 56.7 Å². The van der Waals surface area contributed by atoms with E-state index in [0.29, 0.717) is 5.75 Å². The Morgan fingerprint density at radius 3 is 2.53 bits per heavy atom. The summed E-state index contributed by atoms with van der Waals surface area (Å²) < 4.78 is 19.3. The molecular weight excluding hydrogens is 473 g/mol. The zero-order valence-electron chi connectivity index (χ0n) is 21.8. The van der Waals surface area contributed by atoms with Crippen molar-refractivity contribution in [3.05, 3.63) is 82.1 Å². The molecule has 1 aliphatic rings. The average molecular weight is 510 g/mol. The molecule has 3 heterocycles. The molecule has 0 aliphatic carbocycles. The van der Waals surface area contributed by atoms with Crippen LogP contribution in [-0.4, -0.2) is 34.6 Å².